The second kappa shape index (κ2) is 18.6. The summed E-state index contributed by atoms with van der Waals surface area (Å²) in [6.07, 6.45) is 15.9. The Kier molecular flexibility index (Phi) is 12.9. The molecule has 2 aliphatic carbocycles. The monoisotopic (exact) mass is 781 g/mol. The third-order valence-corrected chi connectivity index (χ3v) is 12.0. The topological polar surface area (TPSA) is 136 Å². The number of aromatic hydroxyl groups is 1. The largest absolute Gasteiger partial charge is 0.508 e. The van der Waals surface area contributed by atoms with Crippen LogP contribution in [0.4, 0.5) is 5.69 Å². The molecular formula is C49H55N3O6. The lowest BCUT2D eigenvalue weighted by Crippen LogP contribution is -2.24. The van der Waals surface area contributed by atoms with Gasteiger partial charge in [0, 0.05) is 37.6 Å². The molecule has 2 heterocycles. The van der Waals surface area contributed by atoms with Crippen molar-refractivity contribution < 1.29 is 29.2 Å². The van der Waals surface area contributed by atoms with Gasteiger partial charge < -0.3 is 35.5 Å². The molecule has 302 valence electrons. The molecule has 4 aliphatic rings. The van der Waals surface area contributed by atoms with Crippen molar-refractivity contribution in [3.05, 3.63) is 118 Å². The van der Waals surface area contributed by atoms with Gasteiger partial charge in [-0.05, 0) is 144 Å². The maximum atomic E-state index is 13.6. The standard InChI is InChI=1S/C49H55N3O6/c1-31-13-20-41-35-17-21-43-42(45(55)29-44(31)48(41)43)12-7-23-57-40(28-39(54)18-14-33-15-22-46(56-3)47(25-33)58-30-35)27-36-26-38(53)19-16-34(36)10-5-4-8-32-9-6-11-37(24-32)52-49(50)51-2/h6,9,11,15-17,19,21-22,24-26,29,31,34,36,40,53,55H,4-5,8,10,12-14,18,20,27-28,30H2,1-3H3,(H3,50,51,52). The number of rotatable bonds is 9. The number of aliphatic imine (C=N–C) groups is 1. The number of nitrogens with two attached hydrogens (primary N) is 1. The van der Waals surface area contributed by atoms with Crippen LogP contribution >= 0.6 is 0 Å². The molecule has 0 saturated heterocycles. The number of phenolic OH excluding ortho intramolecular Hbond substituents is 1. The van der Waals surface area contributed by atoms with E-state index in [1.165, 1.54) is 16.5 Å². The molecule has 8 rings (SSSR count). The van der Waals surface area contributed by atoms with Crippen molar-refractivity contribution in [2.24, 2.45) is 22.6 Å². The van der Waals surface area contributed by atoms with Gasteiger partial charge in [-0.2, -0.15) is 0 Å². The van der Waals surface area contributed by atoms with E-state index in [0.717, 1.165) is 71.9 Å². The molecule has 9 nitrogen and oxygen atoms in total. The number of benzene rings is 4. The number of aryl methyl sites for hydroxylation is 3. The van der Waals surface area contributed by atoms with E-state index in [4.69, 9.17) is 19.9 Å². The first-order valence-corrected chi connectivity index (χ1v) is 20.6. The van der Waals surface area contributed by atoms with E-state index in [2.05, 4.69) is 59.6 Å². The fourth-order valence-corrected chi connectivity index (χ4v) is 8.77. The van der Waals surface area contributed by atoms with Gasteiger partial charge in [-0.25, -0.2) is 0 Å². The number of anilines is 1. The summed E-state index contributed by atoms with van der Waals surface area (Å²) in [7, 11) is 3.29. The number of fused-ring (bicyclic) bond motifs is 9. The number of guanidine groups is 1. The molecule has 4 atom stereocenters. The van der Waals surface area contributed by atoms with Crippen LogP contribution in [0.3, 0.4) is 0 Å². The van der Waals surface area contributed by atoms with E-state index in [1.807, 2.05) is 42.5 Å². The summed E-state index contributed by atoms with van der Waals surface area (Å²) in [5, 5.41) is 27.2. The predicted molar refractivity (Wildman–Crippen MR) is 231 cm³/mol. The number of ketones is 1. The van der Waals surface area contributed by atoms with Crippen LogP contribution in [0.15, 0.2) is 89.6 Å². The Morgan fingerprint density at radius 1 is 1.03 bits per heavy atom. The van der Waals surface area contributed by atoms with Crippen molar-refractivity contribution in [1.82, 2.24) is 0 Å². The lowest BCUT2D eigenvalue weighted by Gasteiger charge is -2.28. The van der Waals surface area contributed by atoms with Crippen molar-refractivity contribution in [1.29, 1.82) is 0 Å². The Balaban J connectivity index is 1.11. The summed E-state index contributed by atoms with van der Waals surface area (Å²) >= 11 is 0. The van der Waals surface area contributed by atoms with Gasteiger partial charge >= 0.3 is 0 Å². The normalized spacial score (nSPS) is 20.8. The van der Waals surface area contributed by atoms with Gasteiger partial charge in [0.1, 0.15) is 36.1 Å². The minimum Gasteiger partial charge on any atom is -0.508 e. The molecule has 0 radical (unpaired) electrons. The second-order valence-electron chi connectivity index (χ2n) is 15.9. The Labute approximate surface area is 342 Å². The molecule has 0 fully saturated rings. The van der Waals surface area contributed by atoms with E-state index in [-0.39, 0.29) is 35.5 Å². The number of nitrogens with one attached hydrogen (secondary N) is 1. The molecule has 9 heteroatoms. The third-order valence-electron chi connectivity index (χ3n) is 12.0. The van der Waals surface area contributed by atoms with Gasteiger partial charge in [-0.15, -0.1) is 0 Å². The SMILES string of the molecule is CN=C(N)Nc1cccc(CCCCC2C=CC(O)=CC2CC2CC(=O)CCc3ccc(OC)c(c3)OCc3ccc4c(c(O)cc5c4c3CCC5C)CC#CO2)c1. The summed E-state index contributed by atoms with van der Waals surface area (Å²) in [6, 6.07) is 20.2. The third kappa shape index (κ3) is 9.62. The summed E-state index contributed by atoms with van der Waals surface area (Å²) in [4.78, 5) is 17.6. The number of ether oxygens (including phenoxy) is 3. The Morgan fingerprint density at radius 2 is 1.91 bits per heavy atom. The molecule has 2 aliphatic heterocycles. The fraction of sp³-hybridized carbons (Fsp3) is 0.388. The Bertz CT molecular complexity index is 2300. The van der Waals surface area contributed by atoms with E-state index < -0.39 is 6.10 Å². The maximum Gasteiger partial charge on any atom is 0.192 e. The number of carbonyl (C=O) groups is 1. The highest BCUT2D eigenvalue weighted by molar-refractivity contribution is 5.95. The zero-order valence-corrected chi connectivity index (χ0v) is 33.9. The maximum absolute atomic E-state index is 13.6. The smallest absolute Gasteiger partial charge is 0.192 e. The van der Waals surface area contributed by atoms with E-state index in [9.17, 15) is 15.0 Å². The van der Waals surface area contributed by atoms with E-state index >= 15 is 0 Å². The highest BCUT2D eigenvalue weighted by Crippen LogP contribution is 2.43. The number of aliphatic hydroxyl groups excluding tert-OH is 1. The fourth-order valence-electron chi connectivity index (χ4n) is 8.77. The van der Waals surface area contributed by atoms with Crippen LogP contribution in [0.2, 0.25) is 0 Å². The first kappa shape index (κ1) is 40.3. The molecule has 0 aromatic heterocycles. The Morgan fingerprint density at radius 3 is 2.76 bits per heavy atom. The zero-order valence-electron chi connectivity index (χ0n) is 33.9. The molecule has 0 spiro atoms. The molecule has 0 saturated carbocycles. The van der Waals surface area contributed by atoms with Gasteiger partial charge in [0.05, 0.1) is 7.11 Å². The minimum absolute atomic E-state index is 0.0305. The first-order chi connectivity index (χ1) is 28.2. The van der Waals surface area contributed by atoms with Crippen LogP contribution < -0.4 is 20.5 Å². The lowest BCUT2D eigenvalue weighted by atomic mass is 9.79. The predicted octanol–water partition coefficient (Wildman–Crippen LogP) is 9.38. The lowest BCUT2D eigenvalue weighted by molar-refractivity contribution is -0.121. The number of nitrogens with zero attached hydrogens (tertiary/aromatic N) is 1. The molecule has 4 aromatic rings. The number of Topliss-reactive ketones (excluding diaryl/α,β-unsaturated/α-hetero) is 1. The summed E-state index contributed by atoms with van der Waals surface area (Å²) in [5.74, 6) is 5.84. The summed E-state index contributed by atoms with van der Waals surface area (Å²) in [5.41, 5.74) is 13.3. The molecular weight excluding hydrogens is 727 g/mol. The molecule has 4 aromatic carbocycles. The van der Waals surface area contributed by atoms with Gasteiger partial charge in [-0.3, -0.25) is 9.79 Å². The number of hydrogen-bond acceptors (Lipinski definition) is 7. The number of unbranched alkanes of at least 4 members (excludes halogenated alkanes) is 1. The van der Waals surface area contributed by atoms with Gasteiger partial charge in [0.2, 0.25) is 0 Å². The van der Waals surface area contributed by atoms with E-state index in [1.54, 1.807) is 20.2 Å². The van der Waals surface area contributed by atoms with Crippen molar-refractivity contribution in [3.8, 4) is 29.3 Å². The average molecular weight is 782 g/mol. The van der Waals surface area contributed by atoms with Crippen LogP contribution in [0, 0.1) is 23.9 Å². The van der Waals surface area contributed by atoms with Gasteiger partial charge in [-0.1, -0.05) is 55.7 Å². The zero-order chi connectivity index (χ0) is 40.6. The number of carbonyl (C=O) groups excluding carboxylic acids is 1. The van der Waals surface area contributed by atoms with Gasteiger partial charge in [0.25, 0.3) is 0 Å². The quantitative estimate of drug-likeness (QED) is 0.0571. The van der Waals surface area contributed by atoms with E-state index in [0.29, 0.717) is 55.7 Å². The number of aliphatic hydroxyl groups is 1. The molecule has 0 amide bonds. The Hall–Kier alpha value is -5.88. The summed E-state index contributed by atoms with van der Waals surface area (Å²) in [6.45, 7) is 2.59. The van der Waals surface area contributed by atoms with Crippen LogP contribution in [0.25, 0.3) is 10.8 Å². The molecule has 5 N–H and O–H groups in total. The van der Waals surface area contributed by atoms with Crippen molar-refractivity contribution >= 4 is 28.2 Å². The highest BCUT2D eigenvalue weighted by Gasteiger charge is 2.28. The minimum atomic E-state index is -0.484. The van der Waals surface area contributed by atoms with Crippen LogP contribution in [0.5, 0.6) is 17.2 Å². The number of phenols is 1. The van der Waals surface area contributed by atoms with Crippen molar-refractivity contribution in [2.75, 3.05) is 19.5 Å². The number of methoxy groups -OCH3 is 1. The number of hydrogen-bond donors (Lipinski definition) is 4. The molecule has 6 bridgehead atoms. The van der Waals surface area contributed by atoms with Crippen molar-refractivity contribution in [2.45, 2.75) is 96.2 Å². The van der Waals surface area contributed by atoms with Crippen LogP contribution in [-0.4, -0.2) is 42.2 Å². The van der Waals surface area contributed by atoms with Gasteiger partial charge in [0.15, 0.2) is 17.5 Å². The molecule has 58 heavy (non-hydrogen) atoms. The summed E-state index contributed by atoms with van der Waals surface area (Å²) < 4.78 is 18.4. The van der Waals surface area contributed by atoms with Crippen molar-refractivity contribution in [3.63, 3.8) is 0 Å². The molecule has 4 unspecified atom stereocenters. The number of allylic oxidation sites excluding steroid dienone is 3. The van der Waals surface area contributed by atoms with Crippen LogP contribution in [-0.2, 0) is 41.8 Å². The van der Waals surface area contributed by atoms with Crippen LogP contribution in [0.1, 0.15) is 91.2 Å². The second-order valence-corrected chi connectivity index (χ2v) is 15.9. The highest BCUT2D eigenvalue weighted by atomic mass is 16.5. The first-order valence-electron chi connectivity index (χ1n) is 20.6. The average Bonchev–Trinajstić information content (AvgIpc) is 3.22.